The normalized spacial score (nSPS) is 10.4. The van der Waals surface area contributed by atoms with E-state index >= 15 is 0 Å². The van der Waals surface area contributed by atoms with Gasteiger partial charge in [0.05, 0.1) is 6.61 Å². The molecule has 0 aliphatic rings. The van der Waals surface area contributed by atoms with Crippen LogP contribution in [-0.2, 0) is 4.79 Å². The van der Waals surface area contributed by atoms with Crippen molar-refractivity contribution >= 4 is 32.7 Å². The largest absolute Gasteiger partial charge is 0.491 e. The number of carbonyl (C=O) groups is 1. The number of halogens is 1. The van der Waals surface area contributed by atoms with Gasteiger partial charge in [-0.2, -0.15) is 0 Å². The molecule has 0 fully saturated rings. The Kier molecular flexibility index (Phi) is 4.70. The van der Waals surface area contributed by atoms with Crippen LogP contribution in [0.25, 0.3) is 10.9 Å². The zero-order valence-electron chi connectivity index (χ0n) is 10.1. The van der Waals surface area contributed by atoms with Gasteiger partial charge in [0.25, 0.3) is 0 Å². The smallest absolute Gasteiger partial charge is 0.243 e. The van der Waals surface area contributed by atoms with Gasteiger partial charge in [0.15, 0.2) is 0 Å². The van der Waals surface area contributed by atoms with Crippen LogP contribution in [0.4, 0.5) is 0 Å². The number of benzene rings is 1. The number of fused-ring (bicyclic) bond motifs is 1. The minimum atomic E-state index is -0.414. The van der Waals surface area contributed by atoms with Crippen LogP contribution >= 0.6 is 15.9 Å². The second-order valence-corrected chi connectivity index (χ2v) is 4.79. The molecule has 2 rings (SSSR count). The molecule has 0 saturated carbocycles. The maximum atomic E-state index is 10.8. The molecule has 2 aromatic rings. The van der Waals surface area contributed by atoms with Gasteiger partial charge in [-0.1, -0.05) is 22.0 Å². The van der Waals surface area contributed by atoms with Gasteiger partial charge in [0.1, 0.15) is 11.3 Å². The van der Waals surface area contributed by atoms with Gasteiger partial charge < -0.3 is 4.74 Å². The highest BCUT2D eigenvalue weighted by Crippen LogP contribution is 2.29. The second kappa shape index (κ2) is 6.49. The number of pyridine rings is 1. The molecular weight excluding hydrogens is 312 g/mol. The molecule has 1 heterocycles. The molecule has 19 heavy (non-hydrogen) atoms. The SMILES string of the molecule is O=C(CCCOc1ccc(Br)c2cccnc12)NO. The first-order chi connectivity index (χ1) is 9.22. The highest BCUT2D eigenvalue weighted by Gasteiger charge is 2.06. The number of ether oxygens (including phenoxy) is 1. The van der Waals surface area contributed by atoms with Crippen LogP contribution in [0.1, 0.15) is 12.8 Å². The summed E-state index contributed by atoms with van der Waals surface area (Å²) >= 11 is 3.47. The summed E-state index contributed by atoms with van der Waals surface area (Å²) in [6, 6.07) is 7.56. The Labute approximate surface area is 118 Å². The van der Waals surface area contributed by atoms with E-state index < -0.39 is 5.91 Å². The zero-order chi connectivity index (χ0) is 13.7. The van der Waals surface area contributed by atoms with Crippen LogP contribution in [-0.4, -0.2) is 22.7 Å². The van der Waals surface area contributed by atoms with Crippen LogP contribution < -0.4 is 10.2 Å². The fourth-order valence-electron chi connectivity index (χ4n) is 1.70. The Morgan fingerprint density at radius 2 is 2.26 bits per heavy atom. The Morgan fingerprint density at radius 3 is 3.05 bits per heavy atom. The lowest BCUT2D eigenvalue weighted by atomic mass is 10.2. The summed E-state index contributed by atoms with van der Waals surface area (Å²) < 4.78 is 6.58. The predicted octanol–water partition coefficient (Wildman–Crippen LogP) is 2.66. The molecule has 0 aliphatic heterocycles. The summed E-state index contributed by atoms with van der Waals surface area (Å²) in [6.45, 7) is 0.390. The third-order valence-electron chi connectivity index (χ3n) is 2.61. The predicted molar refractivity (Wildman–Crippen MR) is 74.1 cm³/mol. The standard InChI is InChI=1S/C13H13BrN2O3/c14-10-5-6-11(13-9(10)3-1-7-15-13)19-8-2-4-12(17)16-18/h1,3,5-7,18H,2,4,8H2,(H,16,17). The van der Waals surface area contributed by atoms with Crippen molar-refractivity contribution in [2.24, 2.45) is 0 Å². The fraction of sp³-hybridized carbons (Fsp3) is 0.231. The minimum Gasteiger partial charge on any atom is -0.491 e. The number of nitrogens with zero attached hydrogens (tertiary/aromatic N) is 1. The third kappa shape index (κ3) is 3.42. The molecule has 1 amide bonds. The van der Waals surface area contributed by atoms with Gasteiger partial charge >= 0.3 is 0 Å². The van der Waals surface area contributed by atoms with Crippen molar-refractivity contribution in [2.75, 3.05) is 6.61 Å². The van der Waals surface area contributed by atoms with Crippen molar-refractivity contribution in [1.82, 2.24) is 10.5 Å². The Hall–Kier alpha value is -1.66. The number of hydrogen-bond acceptors (Lipinski definition) is 4. The molecule has 1 aromatic carbocycles. The summed E-state index contributed by atoms with van der Waals surface area (Å²) in [5, 5.41) is 9.35. The maximum Gasteiger partial charge on any atom is 0.243 e. The van der Waals surface area contributed by atoms with E-state index in [2.05, 4.69) is 20.9 Å². The van der Waals surface area contributed by atoms with Crippen LogP contribution in [0.2, 0.25) is 0 Å². The molecule has 6 heteroatoms. The van der Waals surface area contributed by atoms with Gasteiger partial charge in [-0.05, 0) is 24.6 Å². The molecule has 2 N–H and O–H groups in total. The van der Waals surface area contributed by atoms with Gasteiger partial charge in [-0.15, -0.1) is 0 Å². The zero-order valence-corrected chi connectivity index (χ0v) is 11.7. The molecule has 0 atom stereocenters. The molecule has 100 valence electrons. The van der Waals surface area contributed by atoms with Crippen molar-refractivity contribution in [3.05, 3.63) is 34.9 Å². The number of hydrogen-bond donors (Lipinski definition) is 2. The number of nitrogens with one attached hydrogen (secondary N) is 1. The van der Waals surface area contributed by atoms with E-state index in [0.717, 1.165) is 15.4 Å². The van der Waals surface area contributed by atoms with Gasteiger partial charge in [0.2, 0.25) is 5.91 Å². The van der Waals surface area contributed by atoms with Crippen LogP contribution in [0.5, 0.6) is 5.75 Å². The van der Waals surface area contributed by atoms with Crippen molar-refractivity contribution in [2.45, 2.75) is 12.8 Å². The quantitative estimate of drug-likeness (QED) is 0.504. The summed E-state index contributed by atoms with van der Waals surface area (Å²) in [4.78, 5) is 15.1. The number of amides is 1. The lowest BCUT2D eigenvalue weighted by molar-refractivity contribution is -0.129. The van der Waals surface area contributed by atoms with Crippen molar-refractivity contribution < 1.29 is 14.7 Å². The monoisotopic (exact) mass is 324 g/mol. The Bertz CT molecular complexity index is 589. The number of carbonyl (C=O) groups excluding carboxylic acids is 1. The van der Waals surface area contributed by atoms with Crippen LogP contribution in [0, 0.1) is 0 Å². The lowest BCUT2D eigenvalue weighted by Gasteiger charge is -2.09. The molecular formula is C13H13BrN2O3. The molecule has 5 nitrogen and oxygen atoms in total. The number of hydroxylamine groups is 1. The topological polar surface area (TPSA) is 71.5 Å². The maximum absolute atomic E-state index is 10.8. The molecule has 0 unspecified atom stereocenters. The van der Waals surface area contributed by atoms with Gasteiger partial charge in [-0.25, -0.2) is 5.48 Å². The molecule has 0 aliphatic carbocycles. The highest BCUT2D eigenvalue weighted by molar-refractivity contribution is 9.10. The second-order valence-electron chi connectivity index (χ2n) is 3.93. The summed E-state index contributed by atoms with van der Waals surface area (Å²) in [5.41, 5.74) is 2.37. The first-order valence-corrected chi connectivity index (χ1v) is 6.60. The van der Waals surface area contributed by atoms with E-state index in [1.165, 1.54) is 0 Å². The highest BCUT2D eigenvalue weighted by atomic mass is 79.9. The fourth-order valence-corrected chi connectivity index (χ4v) is 2.15. The molecule has 0 radical (unpaired) electrons. The first kappa shape index (κ1) is 13.8. The van der Waals surface area contributed by atoms with Crippen molar-refractivity contribution in [3.8, 4) is 5.75 Å². The third-order valence-corrected chi connectivity index (χ3v) is 3.30. The summed E-state index contributed by atoms with van der Waals surface area (Å²) in [5.74, 6) is 0.269. The molecule has 0 spiro atoms. The van der Waals surface area contributed by atoms with Gasteiger partial charge in [0, 0.05) is 22.5 Å². The Morgan fingerprint density at radius 1 is 1.42 bits per heavy atom. The van der Waals surface area contributed by atoms with E-state index in [0.29, 0.717) is 18.8 Å². The molecule has 1 aromatic heterocycles. The van der Waals surface area contributed by atoms with E-state index in [-0.39, 0.29) is 6.42 Å². The van der Waals surface area contributed by atoms with Gasteiger partial charge in [-0.3, -0.25) is 15.0 Å². The van der Waals surface area contributed by atoms with Crippen molar-refractivity contribution in [1.29, 1.82) is 0 Å². The van der Waals surface area contributed by atoms with E-state index in [9.17, 15) is 4.79 Å². The first-order valence-electron chi connectivity index (χ1n) is 5.81. The molecule has 0 bridgehead atoms. The number of aromatic nitrogens is 1. The average Bonchev–Trinajstić information content (AvgIpc) is 2.45. The lowest BCUT2D eigenvalue weighted by Crippen LogP contribution is -2.18. The van der Waals surface area contributed by atoms with E-state index in [1.807, 2.05) is 24.3 Å². The van der Waals surface area contributed by atoms with Crippen LogP contribution in [0.3, 0.4) is 0 Å². The minimum absolute atomic E-state index is 0.221. The number of rotatable bonds is 5. The Balaban J connectivity index is 2.05. The summed E-state index contributed by atoms with van der Waals surface area (Å²) in [6.07, 6.45) is 2.45. The summed E-state index contributed by atoms with van der Waals surface area (Å²) in [7, 11) is 0. The van der Waals surface area contributed by atoms with E-state index in [1.54, 1.807) is 11.7 Å². The van der Waals surface area contributed by atoms with Crippen LogP contribution in [0.15, 0.2) is 34.9 Å². The molecule has 0 saturated heterocycles. The average molecular weight is 325 g/mol. The van der Waals surface area contributed by atoms with Crippen molar-refractivity contribution in [3.63, 3.8) is 0 Å². The van der Waals surface area contributed by atoms with E-state index in [4.69, 9.17) is 9.94 Å².